The molecule has 1 aliphatic heterocycles. The van der Waals surface area contributed by atoms with Crippen LogP contribution in [0.4, 0.5) is 4.79 Å². The van der Waals surface area contributed by atoms with E-state index >= 15 is 0 Å². The Kier molecular flexibility index (Phi) is 5.33. The topological polar surface area (TPSA) is 81.8 Å². The minimum atomic E-state index is -0.521. The van der Waals surface area contributed by atoms with Crippen LogP contribution in [0.3, 0.4) is 0 Å². The number of likely N-dealkylation sites (N-methyl/N-ethyl adjacent to an activating group) is 1. The Labute approximate surface area is 135 Å². The van der Waals surface area contributed by atoms with Gasteiger partial charge in [0.1, 0.15) is 6.54 Å². The first-order valence-electron chi connectivity index (χ1n) is 7.46. The van der Waals surface area contributed by atoms with Crippen molar-refractivity contribution in [3.8, 4) is 0 Å². The van der Waals surface area contributed by atoms with E-state index in [-0.39, 0.29) is 30.9 Å². The van der Waals surface area contributed by atoms with Crippen LogP contribution in [0.15, 0.2) is 24.3 Å². The monoisotopic (exact) mass is 318 g/mol. The molecule has 0 aliphatic carbocycles. The fourth-order valence-electron chi connectivity index (χ4n) is 2.41. The number of nitrogens with one attached hydrogen (secondary N) is 2. The summed E-state index contributed by atoms with van der Waals surface area (Å²) >= 11 is 0. The molecule has 0 radical (unpaired) electrons. The molecule has 0 aromatic heterocycles. The molecule has 1 unspecified atom stereocenters. The van der Waals surface area contributed by atoms with Crippen LogP contribution >= 0.6 is 0 Å². The van der Waals surface area contributed by atoms with Crippen molar-refractivity contribution >= 4 is 17.8 Å². The van der Waals surface area contributed by atoms with Crippen LogP contribution in [0.5, 0.6) is 0 Å². The summed E-state index contributed by atoms with van der Waals surface area (Å²) in [5.41, 5.74) is 2.27. The van der Waals surface area contributed by atoms with Gasteiger partial charge in [-0.15, -0.1) is 0 Å². The molecule has 1 atom stereocenters. The lowest BCUT2D eigenvalue weighted by molar-refractivity contribution is -0.130. The molecule has 2 rings (SSSR count). The molecule has 1 aliphatic rings. The summed E-state index contributed by atoms with van der Waals surface area (Å²) in [6.45, 7) is 2.13. The van der Waals surface area contributed by atoms with Crippen LogP contribution in [0.25, 0.3) is 0 Å². The number of carbonyl (C=O) groups is 3. The summed E-state index contributed by atoms with van der Waals surface area (Å²) in [5.74, 6) is -0.734. The van der Waals surface area contributed by atoms with Crippen molar-refractivity contribution in [2.24, 2.45) is 0 Å². The molecule has 7 nitrogen and oxygen atoms in total. The molecule has 0 spiro atoms. The minimum Gasteiger partial charge on any atom is -0.353 e. The molecule has 124 valence electrons. The lowest BCUT2D eigenvalue weighted by Crippen LogP contribution is -2.43. The maximum Gasteiger partial charge on any atom is 0.325 e. The van der Waals surface area contributed by atoms with Crippen LogP contribution < -0.4 is 10.6 Å². The summed E-state index contributed by atoms with van der Waals surface area (Å²) in [6.07, 6.45) is 0. The van der Waals surface area contributed by atoms with Crippen molar-refractivity contribution in [3.63, 3.8) is 0 Å². The van der Waals surface area contributed by atoms with E-state index < -0.39 is 6.03 Å². The van der Waals surface area contributed by atoms with Crippen molar-refractivity contribution in [2.45, 2.75) is 13.0 Å². The predicted octanol–water partition coefficient (Wildman–Crippen LogP) is 0.266. The molecular weight excluding hydrogens is 296 g/mol. The van der Waals surface area contributed by atoms with Gasteiger partial charge in [-0.3, -0.25) is 14.5 Å². The molecule has 23 heavy (non-hydrogen) atoms. The van der Waals surface area contributed by atoms with Gasteiger partial charge in [0.15, 0.2) is 0 Å². The number of carbonyl (C=O) groups excluding carboxylic acids is 3. The molecule has 7 heteroatoms. The predicted molar refractivity (Wildman–Crippen MR) is 85.7 cm³/mol. The van der Waals surface area contributed by atoms with Gasteiger partial charge in [-0.2, -0.15) is 0 Å². The number of hydrogen-bond donors (Lipinski definition) is 2. The summed E-state index contributed by atoms with van der Waals surface area (Å²) in [7, 11) is 3.88. The molecule has 0 bridgehead atoms. The maximum absolute atomic E-state index is 12.0. The lowest BCUT2D eigenvalue weighted by atomic mass is 10.0. The normalized spacial score (nSPS) is 15.7. The van der Waals surface area contributed by atoms with E-state index in [1.54, 1.807) is 0 Å². The molecule has 1 aromatic rings. The third-order valence-electron chi connectivity index (χ3n) is 3.82. The van der Waals surface area contributed by atoms with Gasteiger partial charge >= 0.3 is 6.03 Å². The number of benzene rings is 1. The van der Waals surface area contributed by atoms with Crippen LogP contribution in [0.1, 0.15) is 17.2 Å². The van der Waals surface area contributed by atoms with E-state index in [1.165, 1.54) is 5.56 Å². The standard InChI is InChI=1S/C16H22N4O3/c1-11-4-6-12(7-5-11)13(19(2)3)8-17-14(21)10-20-15(22)9-18-16(20)23/h4-7,13H,8-10H2,1-3H3,(H,17,21)(H,18,23). The average Bonchev–Trinajstić information content (AvgIpc) is 2.81. The van der Waals surface area contributed by atoms with Gasteiger partial charge in [-0.25, -0.2) is 4.79 Å². The summed E-state index contributed by atoms with van der Waals surface area (Å²) < 4.78 is 0. The van der Waals surface area contributed by atoms with Crippen molar-refractivity contribution in [1.82, 2.24) is 20.4 Å². The van der Waals surface area contributed by atoms with E-state index in [0.717, 1.165) is 10.5 Å². The Morgan fingerprint density at radius 3 is 2.48 bits per heavy atom. The summed E-state index contributed by atoms with van der Waals surface area (Å²) in [4.78, 5) is 37.8. The van der Waals surface area contributed by atoms with E-state index in [0.29, 0.717) is 6.54 Å². The average molecular weight is 318 g/mol. The molecule has 1 aromatic carbocycles. The zero-order valence-electron chi connectivity index (χ0n) is 13.6. The van der Waals surface area contributed by atoms with Gasteiger partial charge in [0.2, 0.25) is 5.91 Å². The van der Waals surface area contributed by atoms with Gasteiger partial charge in [0, 0.05) is 6.54 Å². The molecule has 1 fully saturated rings. The number of imide groups is 1. The van der Waals surface area contributed by atoms with Gasteiger partial charge in [0.25, 0.3) is 5.91 Å². The zero-order chi connectivity index (χ0) is 17.0. The van der Waals surface area contributed by atoms with Gasteiger partial charge < -0.3 is 15.5 Å². The van der Waals surface area contributed by atoms with Gasteiger partial charge in [-0.1, -0.05) is 29.8 Å². The SMILES string of the molecule is Cc1ccc(C(CNC(=O)CN2C(=O)CNC2=O)N(C)C)cc1. The molecule has 0 saturated carbocycles. The number of amides is 4. The van der Waals surface area contributed by atoms with Crippen LogP contribution in [0, 0.1) is 6.92 Å². The molecular formula is C16H22N4O3. The largest absolute Gasteiger partial charge is 0.353 e. The van der Waals surface area contributed by atoms with Crippen LogP contribution in [-0.2, 0) is 9.59 Å². The number of rotatable bonds is 6. The van der Waals surface area contributed by atoms with Crippen molar-refractivity contribution in [2.75, 3.05) is 33.7 Å². The van der Waals surface area contributed by atoms with Crippen molar-refractivity contribution in [3.05, 3.63) is 35.4 Å². The number of nitrogens with zero attached hydrogens (tertiary/aromatic N) is 2. The van der Waals surface area contributed by atoms with E-state index in [2.05, 4.69) is 10.6 Å². The Morgan fingerprint density at radius 1 is 1.30 bits per heavy atom. The fourth-order valence-corrected chi connectivity index (χ4v) is 2.41. The Bertz CT molecular complexity index is 582. The van der Waals surface area contributed by atoms with Crippen molar-refractivity contribution in [1.29, 1.82) is 0 Å². The third-order valence-corrected chi connectivity index (χ3v) is 3.82. The van der Waals surface area contributed by atoms with E-state index in [4.69, 9.17) is 0 Å². The number of aryl methyl sites for hydroxylation is 1. The highest BCUT2D eigenvalue weighted by molar-refractivity contribution is 6.04. The summed E-state index contributed by atoms with van der Waals surface area (Å²) in [6, 6.07) is 7.62. The van der Waals surface area contributed by atoms with Gasteiger partial charge in [0.05, 0.1) is 12.6 Å². The summed E-state index contributed by atoms with van der Waals surface area (Å²) in [5, 5.41) is 5.18. The second-order valence-corrected chi connectivity index (χ2v) is 5.83. The number of urea groups is 1. The lowest BCUT2D eigenvalue weighted by Gasteiger charge is -2.25. The van der Waals surface area contributed by atoms with E-state index in [1.807, 2.05) is 50.2 Å². The van der Waals surface area contributed by atoms with Gasteiger partial charge in [-0.05, 0) is 26.6 Å². The molecule has 1 saturated heterocycles. The highest BCUT2D eigenvalue weighted by Crippen LogP contribution is 2.17. The molecule has 2 N–H and O–H groups in total. The highest BCUT2D eigenvalue weighted by atomic mass is 16.2. The Balaban J connectivity index is 1.93. The second kappa shape index (κ2) is 7.23. The minimum absolute atomic E-state index is 0.0163. The second-order valence-electron chi connectivity index (χ2n) is 5.83. The highest BCUT2D eigenvalue weighted by Gasteiger charge is 2.30. The zero-order valence-corrected chi connectivity index (χ0v) is 13.6. The van der Waals surface area contributed by atoms with E-state index in [9.17, 15) is 14.4 Å². The Morgan fingerprint density at radius 2 is 1.96 bits per heavy atom. The quantitative estimate of drug-likeness (QED) is 0.738. The Hall–Kier alpha value is -2.41. The first-order valence-corrected chi connectivity index (χ1v) is 7.46. The van der Waals surface area contributed by atoms with Crippen LogP contribution in [-0.4, -0.2) is 61.4 Å². The molecule has 1 heterocycles. The fraction of sp³-hybridized carbons (Fsp3) is 0.438. The number of hydrogen-bond acceptors (Lipinski definition) is 4. The van der Waals surface area contributed by atoms with Crippen molar-refractivity contribution < 1.29 is 14.4 Å². The first kappa shape index (κ1) is 17.0. The smallest absolute Gasteiger partial charge is 0.325 e. The third kappa shape index (κ3) is 4.29. The first-order chi connectivity index (χ1) is 10.9. The van der Waals surface area contributed by atoms with Crippen LogP contribution in [0.2, 0.25) is 0 Å². The maximum atomic E-state index is 12.0. The molecule has 4 amide bonds.